The summed E-state index contributed by atoms with van der Waals surface area (Å²) in [6.45, 7) is 2.12. The number of ether oxygens (including phenoxy) is 1. The summed E-state index contributed by atoms with van der Waals surface area (Å²) >= 11 is 5.74. The summed E-state index contributed by atoms with van der Waals surface area (Å²) in [5, 5.41) is 14.0. The molecule has 0 aliphatic carbocycles. The fourth-order valence-electron chi connectivity index (χ4n) is 3.46. The number of nitrogens with one attached hydrogen (secondary N) is 1. The molecule has 9 nitrogen and oxygen atoms in total. The van der Waals surface area contributed by atoms with Gasteiger partial charge >= 0.3 is 0 Å². The minimum Gasteiger partial charge on any atom is -0.490 e. The fourth-order valence-corrected chi connectivity index (χ4v) is 4.37. The summed E-state index contributed by atoms with van der Waals surface area (Å²) in [6, 6.07) is 7.89. The van der Waals surface area contributed by atoms with Crippen molar-refractivity contribution in [3.8, 4) is 17.0 Å². The third-order valence-electron chi connectivity index (χ3n) is 4.99. The molecule has 3 rings (SSSR count). The van der Waals surface area contributed by atoms with Crippen LogP contribution >= 0.6 is 11.6 Å². The van der Waals surface area contributed by atoms with Crippen LogP contribution < -0.4 is 10.1 Å². The fraction of sp³-hybridized carbons (Fsp3) is 0.304. The Kier molecular flexibility index (Phi) is 8.75. The molecule has 0 fully saturated rings. The standard InChI is InChI=1S/C23H23ClF2N4O5S/c1-14(35-18-9-15(13-36(2,33)34)8-17(11-18)30(31)32)4-3-7-27-21-10-16(5-6-19(21)25)22-20(26)12-28-23(24)29-22/h5-6,8-12,14,27H,3-4,7,13H2,1-2H3. The van der Waals surface area contributed by atoms with E-state index in [-0.39, 0.29) is 45.5 Å². The Labute approximate surface area is 211 Å². The van der Waals surface area contributed by atoms with Crippen LogP contribution in [0.15, 0.2) is 42.6 Å². The van der Waals surface area contributed by atoms with Gasteiger partial charge in [-0.05, 0) is 61.2 Å². The number of nitrogens with zero attached hydrogens (tertiary/aromatic N) is 3. The maximum Gasteiger partial charge on any atom is 0.273 e. The van der Waals surface area contributed by atoms with E-state index in [9.17, 15) is 27.3 Å². The molecule has 1 aromatic heterocycles. The van der Waals surface area contributed by atoms with E-state index in [2.05, 4.69) is 15.3 Å². The molecule has 1 atom stereocenters. The smallest absolute Gasteiger partial charge is 0.273 e. The third-order valence-corrected chi connectivity index (χ3v) is 6.03. The van der Waals surface area contributed by atoms with Gasteiger partial charge in [0.05, 0.1) is 34.7 Å². The van der Waals surface area contributed by atoms with Gasteiger partial charge in [-0.1, -0.05) is 0 Å². The molecule has 0 amide bonds. The first-order valence-corrected chi connectivity index (χ1v) is 13.2. The van der Waals surface area contributed by atoms with Crippen LogP contribution in [0.5, 0.6) is 5.75 Å². The highest BCUT2D eigenvalue weighted by Gasteiger charge is 2.16. The SMILES string of the molecule is CC(CCCNc1cc(-c2nc(Cl)ncc2F)ccc1F)Oc1cc(CS(C)(=O)=O)cc([N+](=O)[O-])c1. The number of hydrogen-bond donors (Lipinski definition) is 1. The van der Waals surface area contributed by atoms with Gasteiger partial charge in [-0.15, -0.1) is 0 Å². The zero-order valence-corrected chi connectivity index (χ0v) is 20.9. The molecule has 3 aromatic rings. The van der Waals surface area contributed by atoms with Gasteiger partial charge in [-0.25, -0.2) is 27.2 Å². The van der Waals surface area contributed by atoms with Crippen molar-refractivity contribution in [3.63, 3.8) is 0 Å². The number of sulfone groups is 1. The van der Waals surface area contributed by atoms with Crippen LogP contribution in [0.25, 0.3) is 11.3 Å². The summed E-state index contributed by atoms with van der Waals surface area (Å²) in [6.07, 6.45) is 2.67. The minimum absolute atomic E-state index is 0.0488. The second kappa shape index (κ2) is 11.6. The monoisotopic (exact) mass is 540 g/mol. The number of benzene rings is 2. The molecule has 0 radical (unpaired) electrons. The molecule has 0 saturated heterocycles. The molecular formula is C23H23ClF2N4O5S. The first kappa shape index (κ1) is 27.2. The van der Waals surface area contributed by atoms with Crippen LogP contribution in [0.4, 0.5) is 20.2 Å². The predicted octanol–water partition coefficient (Wildman–Crippen LogP) is 5.19. The molecule has 192 valence electrons. The lowest BCUT2D eigenvalue weighted by atomic mass is 10.1. The first-order chi connectivity index (χ1) is 16.9. The summed E-state index contributed by atoms with van der Waals surface area (Å²) in [4.78, 5) is 18.0. The maximum absolute atomic E-state index is 14.3. The van der Waals surface area contributed by atoms with Crippen LogP contribution in [0.3, 0.4) is 0 Å². The normalized spacial score (nSPS) is 12.2. The lowest BCUT2D eigenvalue weighted by Crippen LogP contribution is -2.14. The molecule has 1 unspecified atom stereocenters. The van der Waals surface area contributed by atoms with Gasteiger partial charge in [0.25, 0.3) is 5.69 Å². The van der Waals surface area contributed by atoms with E-state index < -0.39 is 26.4 Å². The Morgan fingerprint density at radius 3 is 2.64 bits per heavy atom. The average Bonchev–Trinajstić information content (AvgIpc) is 2.78. The lowest BCUT2D eigenvalue weighted by Gasteiger charge is -2.16. The number of aromatic nitrogens is 2. The van der Waals surface area contributed by atoms with Crippen molar-refractivity contribution in [1.82, 2.24) is 9.97 Å². The van der Waals surface area contributed by atoms with Crippen LogP contribution in [0, 0.1) is 21.7 Å². The Morgan fingerprint density at radius 2 is 1.94 bits per heavy atom. The van der Waals surface area contributed by atoms with Crippen molar-refractivity contribution >= 4 is 32.8 Å². The number of non-ortho nitro benzene ring substituents is 1. The van der Waals surface area contributed by atoms with E-state index >= 15 is 0 Å². The van der Waals surface area contributed by atoms with E-state index in [0.717, 1.165) is 12.5 Å². The second-order valence-electron chi connectivity index (χ2n) is 8.19. The second-order valence-corrected chi connectivity index (χ2v) is 10.7. The third kappa shape index (κ3) is 7.82. The Morgan fingerprint density at radius 1 is 1.19 bits per heavy atom. The van der Waals surface area contributed by atoms with Crippen LogP contribution in [-0.4, -0.2) is 42.2 Å². The molecule has 1 N–H and O–H groups in total. The van der Waals surface area contributed by atoms with E-state index in [1.807, 2.05) is 0 Å². The van der Waals surface area contributed by atoms with Gasteiger partial charge in [0.15, 0.2) is 15.7 Å². The van der Waals surface area contributed by atoms with Crippen molar-refractivity contribution in [2.24, 2.45) is 0 Å². The molecule has 0 saturated carbocycles. The molecule has 1 heterocycles. The number of hydrogen-bond acceptors (Lipinski definition) is 8. The van der Waals surface area contributed by atoms with Crippen molar-refractivity contribution in [2.75, 3.05) is 18.1 Å². The van der Waals surface area contributed by atoms with E-state index in [1.165, 1.54) is 36.4 Å². The maximum atomic E-state index is 14.3. The first-order valence-electron chi connectivity index (χ1n) is 10.8. The molecule has 0 spiro atoms. The van der Waals surface area contributed by atoms with Crippen molar-refractivity contribution < 1.29 is 26.9 Å². The van der Waals surface area contributed by atoms with E-state index in [0.29, 0.717) is 24.9 Å². The van der Waals surface area contributed by atoms with Gasteiger partial charge < -0.3 is 10.1 Å². The highest BCUT2D eigenvalue weighted by atomic mass is 35.5. The number of anilines is 1. The molecule has 2 aromatic carbocycles. The highest BCUT2D eigenvalue weighted by molar-refractivity contribution is 7.89. The Hall–Kier alpha value is -3.38. The summed E-state index contributed by atoms with van der Waals surface area (Å²) < 4.78 is 57.3. The van der Waals surface area contributed by atoms with Crippen molar-refractivity contribution in [2.45, 2.75) is 31.6 Å². The average molecular weight is 541 g/mol. The van der Waals surface area contributed by atoms with Crippen LogP contribution in [0.2, 0.25) is 5.28 Å². The molecule has 0 aliphatic rings. The van der Waals surface area contributed by atoms with E-state index in [1.54, 1.807) is 6.92 Å². The number of halogens is 3. The van der Waals surface area contributed by atoms with Crippen LogP contribution in [0.1, 0.15) is 25.3 Å². The van der Waals surface area contributed by atoms with Gasteiger partial charge in [0.1, 0.15) is 17.3 Å². The van der Waals surface area contributed by atoms with Crippen molar-refractivity contribution in [3.05, 3.63) is 75.2 Å². The summed E-state index contributed by atoms with van der Waals surface area (Å²) in [7, 11) is -3.39. The van der Waals surface area contributed by atoms with E-state index in [4.69, 9.17) is 16.3 Å². The zero-order valence-electron chi connectivity index (χ0n) is 19.4. The molecule has 13 heteroatoms. The molecule has 36 heavy (non-hydrogen) atoms. The number of nitro groups is 1. The number of rotatable bonds is 11. The Balaban J connectivity index is 1.60. The van der Waals surface area contributed by atoms with Gasteiger partial charge in [-0.3, -0.25) is 10.1 Å². The summed E-state index contributed by atoms with van der Waals surface area (Å²) in [5.41, 5.74) is 0.420. The van der Waals surface area contributed by atoms with Crippen molar-refractivity contribution in [1.29, 1.82) is 0 Å². The van der Waals surface area contributed by atoms with Gasteiger partial charge in [0, 0.05) is 24.4 Å². The predicted molar refractivity (Wildman–Crippen MR) is 132 cm³/mol. The molecular weight excluding hydrogens is 518 g/mol. The van der Waals surface area contributed by atoms with Crippen LogP contribution in [-0.2, 0) is 15.6 Å². The topological polar surface area (TPSA) is 124 Å². The quantitative estimate of drug-likeness (QED) is 0.152. The Bertz CT molecular complexity index is 1370. The minimum atomic E-state index is -3.39. The molecule has 0 bridgehead atoms. The van der Waals surface area contributed by atoms with Gasteiger partial charge in [-0.2, -0.15) is 0 Å². The highest BCUT2D eigenvalue weighted by Crippen LogP contribution is 2.27. The zero-order chi connectivity index (χ0) is 26.5. The molecule has 0 aliphatic heterocycles. The lowest BCUT2D eigenvalue weighted by molar-refractivity contribution is -0.385. The number of nitro benzene ring substituents is 1. The van der Waals surface area contributed by atoms with Gasteiger partial charge in [0.2, 0.25) is 5.28 Å². The summed E-state index contributed by atoms with van der Waals surface area (Å²) in [5.74, 6) is -1.38. The largest absolute Gasteiger partial charge is 0.490 e.